The molecule has 0 fully saturated rings. The van der Waals surface area contributed by atoms with Crippen LogP contribution in [0.2, 0.25) is 0 Å². The molecule has 0 saturated carbocycles. The zero-order valence-electron chi connectivity index (χ0n) is 2.39. The van der Waals surface area contributed by atoms with Gasteiger partial charge in [-0.15, -0.1) is 0 Å². The first-order valence-electron chi connectivity index (χ1n) is 0.333. The predicted octanol–water partition coefficient (Wildman–Crippen LogP) is 0.0624. The molecule has 0 saturated heterocycles. The van der Waals surface area contributed by atoms with E-state index in [2.05, 4.69) is 0 Å². The van der Waals surface area contributed by atoms with Crippen LogP contribution in [0.3, 0.4) is 0 Å². The Morgan fingerprint density at radius 3 is 1.00 bits per heavy atom. The van der Waals surface area contributed by atoms with Crippen molar-refractivity contribution in [3.8, 4) is 0 Å². The van der Waals surface area contributed by atoms with Gasteiger partial charge in [-0.05, 0) is 0 Å². The van der Waals surface area contributed by atoms with Crippen LogP contribution in [0.1, 0.15) is 0 Å². The van der Waals surface area contributed by atoms with Crippen LogP contribution >= 0.6 is 0 Å². The second-order valence-electron chi connectivity index (χ2n) is 0.0680. The summed E-state index contributed by atoms with van der Waals surface area (Å²) < 4.78 is 17.0. The molecule has 0 aromatic heterocycles. The Labute approximate surface area is 52.0 Å². The molecule has 0 rings (SSSR count). The summed E-state index contributed by atoms with van der Waals surface area (Å²) in [6.07, 6.45) is 0. The van der Waals surface area contributed by atoms with E-state index in [-0.39, 0.29) is 26.5 Å². The van der Waals surface area contributed by atoms with Gasteiger partial charge in [0.25, 0.3) is 0 Å². The molecular formula is H2F2FeMoO2. The maximum absolute atomic E-state index is 8.50. The van der Waals surface area contributed by atoms with Crippen molar-refractivity contribution in [1.82, 2.24) is 0 Å². The fourth-order valence-electron chi connectivity index (χ4n) is 0. The molecule has 0 amide bonds. The van der Waals surface area contributed by atoms with Crippen LogP contribution in [-0.2, 0) is 42.4 Å². The number of hydrogen-bond acceptors (Lipinski definition) is 2. The Hall–Kier alpha value is 0.668. The maximum atomic E-state index is 8.50. The van der Waals surface area contributed by atoms with Gasteiger partial charge in [-0.2, -0.15) is 0 Å². The fraction of sp³-hybridized carbons (Fsp3) is 0. The summed E-state index contributed by atoms with van der Waals surface area (Å²) in [4.78, 5) is 0. The molecule has 0 aliphatic carbocycles. The molecule has 0 aliphatic heterocycles. The summed E-state index contributed by atoms with van der Waals surface area (Å²) in [7, 11) is 0. The van der Waals surface area contributed by atoms with E-state index >= 15 is 0 Å². The van der Waals surface area contributed by atoms with Crippen LogP contribution in [0.15, 0.2) is 0 Å². The first-order chi connectivity index (χ1) is 1.41. The quantitative estimate of drug-likeness (QED) is 0.545. The normalized spacial score (nSPS) is 2.00. The zero-order valence-corrected chi connectivity index (χ0v) is 5.51. The minimum absolute atomic E-state index is 0. The van der Waals surface area contributed by atoms with E-state index in [1.165, 1.54) is 0 Å². The molecule has 0 N–H and O–H groups in total. The Kier molecular flexibility index (Phi) is 223. The van der Waals surface area contributed by atoms with Gasteiger partial charge < -0.3 is 0 Å². The molecular weight excluding hydrogens is 222 g/mol. The molecule has 42 valence electrons. The molecule has 2 nitrogen and oxygen atoms in total. The Morgan fingerprint density at radius 2 is 1.00 bits per heavy atom. The van der Waals surface area contributed by atoms with Gasteiger partial charge in [0, 0.05) is 17.1 Å². The molecule has 6 heteroatoms. The van der Waals surface area contributed by atoms with Crippen molar-refractivity contribution in [2.24, 2.45) is 0 Å². The van der Waals surface area contributed by atoms with E-state index in [1.807, 2.05) is 0 Å². The molecule has 0 aromatic rings. The van der Waals surface area contributed by atoms with E-state index in [0.717, 1.165) is 0 Å². The monoisotopic (exact) mass is 226 g/mol. The third-order valence-electron chi connectivity index (χ3n) is 0. The average Bonchev–Trinajstić information content (AvgIpc) is 0.918. The average molecular weight is 224 g/mol. The van der Waals surface area contributed by atoms with Crippen LogP contribution in [-0.4, -0.2) is 0 Å². The van der Waals surface area contributed by atoms with Crippen molar-refractivity contribution in [1.29, 1.82) is 0 Å². The first-order valence-corrected chi connectivity index (χ1v) is 1.97. The Bertz CT molecular complexity index is 32.5. The summed E-state index contributed by atoms with van der Waals surface area (Å²) in [5.41, 5.74) is 0. The summed E-state index contributed by atoms with van der Waals surface area (Å²) in [5, 5.41) is 0. The molecule has 0 atom stereocenters. The number of rotatable bonds is 0. The van der Waals surface area contributed by atoms with Gasteiger partial charge in [-0.3, -0.25) is 9.41 Å². The molecule has 0 heterocycles. The molecule has 0 aliphatic rings. The van der Waals surface area contributed by atoms with Gasteiger partial charge in [-0.1, -0.05) is 0 Å². The van der Waals surface area contributed by atoms with E-state index in [0.29, 0.717) is 0 Å². The molecule has 0 bridgehead atoms. The predicted molar refractivity (Wildman–Crippen MR) is 6.38 cm³/mol. The standard InChI is InChI=1S/2FH.Fe.Mo.2O/h2*1H;;;;. The van der Waals surface area contributed by atoms with Crippen LogP contribution in [0, 0.1) is 0 Å². The van der Waals surface area contributed by atoms with E-state index in [1.54, 1.807) is 0 Å². The fourth-order valence-corrected chi connectivity index (χ4v) is 0. The molecule has 0 aromatic carbocycles. The van der Waals surface area contributed by atoms with Gasteiger partial charge in [0.05, 0.1) is 0 Å². The third-order valence-corrected chi connectivity index (χ3v) is 0. The van der Waals surface area contributed by atoms with Gasteiger partial charge in [0.1, 0.15) is 0 Å². The zero-order chi connectivity index (χ0) is 2.71. The molecule has 0 spiro atoms. The van der Waals surface area contributed by atoms with Crippen molar-refractivity contribution >= 4 is 0 Å². The van der Waals surface area contributed by atoms with E-state index < -0.39 is 18.5 Å². The van der Waals surface area contributed by atoms with Crippen LogP contribution in [0.5, 0.6) is 0 Å². The third kappa shape index (κ3) is 141. The number of hydrogen-bond donors (Lipinski definition) is 0. The summed E-state index contributed by atoms with van der Waals surface area (Å²) in [6, 6.07) is 0. The second kappa shape index (κ2) is 44.4. The van der Waals surface area contributed by atoms with Crippen molar-refractivity contribution in [2.45, 2.75) is 0 Å². The Balaban J connectivity index is -0.00000000667. The molecule has 6 heavy (non-hydrogen) atoms. The summed E-state index contributed by atoms with van der Waals surface area (Å²) >= 11 is -2.03. The van der Waals surface area contributed by atoms with Gasteiger partial charge in [0.2, 0.25) is 0 Å². The molecule has 0 radical (unpaired) electrons. The summed E-state index contributed by atoms with van der Waals surface area (Å²) in [6.45, 7) is 0. The van der Waals surface area contributed by atoms with Gasteiger partial charge in [-0.25, -0.2) is 0 Å². The second-order valence-corrected chi connectivity index (χ2v) is 0.403. The van der Waals surface area contributed by atoms with Crippen molar-refractivity contribution in [3.63, 3.8) is 0 Å². The first kappa shape index (κ1) is 30.1. The van der Waals surface area contributed by atoms with Gasteiger partial charge >= 0.3 is 25.3 Å². The van der Waals surface area contributed by atoms with Crippen molar-refractivity contribution in [3.05, 3.63) is 0 Å². The van der Waals surface area contributed by atoms with Crippen molar-refractivity contribution < 1.29 is 51.8 Å². The number of halogens is 2. The van der Waals surface area contributed by atoms with Crippen LogP contribution in [0.4, 0.5) is 9.41 Å². The van der Waals surface area contributed by atoms with Crippen molar-refractivity contribution in [2.75, 3.05) is 0 Å². The summed E-state index contributed by atoms with van der Waals surface area (Å²) in [5.74, 6) is 0. The minimum atomic E-state index is -2.03. The Morgan fingerprint density at radius 1 is 1.00 bits per heavy atom. The van der Waals surface area contributed by atoms with E-state index in [4.69, 9.17) is 6.80 Å². The van der Waals surface area contributed by atoms with Crippen LogP contribution < -0.4 is 0 Å². The van der Waals surface area contributed by atoms with Crippen LogP contribution in [0.25, 0.3) is 0 Å². The van der Waals surface area contributed by atoms with Gasteiger partial charge in [0.15, 0.2) is 0 Å². The van der Waals surface area contributed by atoms with E-state index in [9.17, 15) is 0 Å². The molecule has 0 unspecified atom stereocenters. The SMILES string of the molecule is F.F.[Fe].[O]=[Mo]=[O]. The topological polar surface area (TPSA) is 34.1 Å².